The maximum Gasteiger partial charge on any atom is 0.191 e. The van der Waals surface area contributed by atoms with E-state index in [1.165, 1.54) is 6.42 Å². The molecule has 1 aliphatic rings. The number of hydrogen-bond acceptors (Lipinski definition) is 2. The molecule has 0 atom stereocenters. The molecule has 1 fully saturated rings. The zero-order valence-corrected chi connectivity index (χ0v) is 15.6. The van der Waals surface area contributed by atoms with Crippen molar-refractivity contribution in [3.05, 3.63) is 34.9 Å². The molecule has 0 spiro atoms. The highest BCUT2D eigenvalue weighted by Crippen LogP contribution is 2.38. The maximum absolute atomic E-state index is 13.8. The van der Waals surface area contributed by atoms with Crippen LogP contribution in [0.25, 0.3) is 0 Å². The Morgan fingerprint density at radius 1 is 1.07 bits per heavy atom. The first-order chi connectivity index (χ1) is 12.9. The molecule has 27 heavy (non-hydrogen) atoms. The Morgan fingerprint density at radius 3 is 2.26 bits per heavy atom. The molecule has 1 aromatic carbocycles. The summed E-state index contributed by atoms with van der Waals surface area (Å²) in [6.07, 6.45) is 5.99. The van der Waals surface area contributed by atoms with Gasteiger partial charge in [0.1, 0.15) is 0 Å². The first-order valence-corrected chi connectivity index (χ1v) is 9.37. The fourth-order valence-electron chi connectivity index (χ4n) is 3.59. The molecule has 0 amide bonds. The summed E-state index contributed by atoms with van der Waals surface area (Å²) in [5.41, 5.74) is -0.794. The van der Waals surface area contributed by atoms with Crippen molar-refractivity contribution in [1.29, 1.82) is 0 Å². The molecule has 8 heteroatoms. The van der Waals surface area contributed by atoms with Gasteiger partial charge in [-0.2, -0.15) is 0 Å². The quantitative estimate of drug-likeness (QED) is 0.289. The Hall–Kier alpha value is -1.83. The Bertz CT molecular complexity index is 629. The minimum absolute atomic E-state index is 0.0509. The van der Waals surface area contributed by atoms with E-state index in [0.717, 1.165) is 25.7 Å². The summed E-state index contributed by atoms with van der Waals surface area (Å²) in [7, 11) is 0. The number of aliphatic hydroxyl groups is 1. The van der Waals surface area contributed by atoms with E-state index >= 15 is 0 Å². The molecule has 0 heterocycles. The first-order valence-electron chi connectivity index (χ1n) is 9.37. The highest BCUT2D eigenvalue weighted by molar-refractivity contribution is 5.79. The molecule has 1 aliphatic carbocycles. The Labute approximate surface area is 157 Å². The molecular weight excluding hydrogens is 362 g/mol. The molecular formula is C19H27F4N3O. The van der Waals surface area contributed by atoms with Crippen LogP contribution in [-0.4, -0.2) is 30.8 Å². The SMILES string of the molecule is CCNC(=NCc1c(F)c(F)cc(F)c1F)NCC1(CCO)CCCCC1. The molecule has 0 saturated heterocycles. The molecule has 2 rings (SSSR count). The number of nitrogens with zero attached hydrogens (tertiary/aromatic N) is 1. The fraction of sp³-hybridized carbons (Fsp3) is 0.632. The van der Waals surface area contributed by atoms with Crippen molar-refractivity contribution in [1.82, 2.24) is 10.6 Å². The normalized spacial score (nSPS) is 17.0. The van der Waals surface area contributed by atoms with Crippen LogP contribution < -0.4 is 10.6 Å². The van der Waals surface area contributed by atoms with Crippen molar-refractivity contribution in [3.63, 3.8) is 0 Å². The molecule has 0 radical (unpaired) electrons. The minimum atomic E-state index is -1.44. The van der Waals surface area contributed by atoms with Crippen molar-refractivity contribution >= 4 is 5.96 Å². The summed E-state index contributed by atoms with van der Waals surface area (Å²) in [4.78, 5) is 4.08. The maximum atomic E-state index is 13.8. The topological polar surface area (TPSA) is 56.7 Å². The number of nitrogens with one attached hydrogen (secondary N) is 2. The smallest absolute Gasteiger partial charge is 0.191 e. The summed E-state index contributed by atoms with van der Waals surface area (Å²) >= 11 is 0. The van der Waals surface area contributed by atoms with Gasteiger partial charge in [-0.15, -0.1) is 0 Å². The van der Waals surface area contributed by atoms with Crippen LogP contribution in [-0.2, 0) is 6.54 Å². The number of hydrogen-bond donors (Lipinski definition) is 3. The number of benzene rings is 1. The van der Waals surface area contributed by atoms with Crippen molar-refractivity contribution in [3.8, 4) is 0 Å². The summed E-state index contributed by atoms with van der Waals surface area (Å²) in [6, 6.07) is 0.184. The lowest BCUT2D eigenvalue weighted by Crippen LogP contribution is -2.45. The van der Waals surface area contributed by atoms with E-state index in [2.05, 4.69) is 15.6 Å². The van der Waals surface area contributed by atoms with E-state index in [9.17, 15) is 22.7 Å². The third-order valence-electron chi connectivity index (χ3n) is 5.13. The van der Waals surface area contributed by atoms with Crippen LogP contribution >= 0.6 is 0 Å². The molecule has 1 aromatic rings. The van der Waals surface area contributed by atoms with E-state index in [1.807, 2.05) is 6.92 Å². The predicted octanol–water partition coefficient (Wildman–Crippen LogP) is 3.63. The van der Waals surface area contributed by atoms with Gasteiger partial charge in [0, 0.05) is 25.8 Å². The van der Waals surface area contributed by atoms with Gasteiger partial charge in [-0.3, -0.25) is 0 Å². The average Bonchev–Trinajstić information content (AvgIpc) is 2.65. The molecule has 1 saturated carbocycles. The van der Waals surface area contributed by atoms with Gasteiger partial charge in [0.05, 0.1) is 12.1 Å². The molecule has 3 N–H and O–H groups in total. The third-order valence-corrected chi connectivity index (χ3v) is 5.13. The molecule has 4 nitrogen and oxygen atoms in total. The van der Waals surface area contributed by atoms with E-state index in [-0.39, 0.29) is 18.1 Å². The molecule has 0 aliphatic heterocycles. The van der Waals surface area contributed by atoms with E-state index < -0.39 is 35.4 Å². The van der Waals surface area contributed by atoms with Crippen LogP contribution in [0.4, 0.5) is 17.6 Å². The van der Waals surface area contributed by atoms with E-state index in [1.54, 1.807) is 0 Å². The van der Waals surface area contributed by atoms with Gasteiger partial charge >= 0.3 is 0 Å². The second kappa shape index (κ2) is 9.92. The molecule has 152 valence electrons. The second-order valence-corrected chi connectivity index (χ2v) is 7.03. The number of halogens is 4. The van der Waals surface area contributed by atoms with Crippen LogP contribution in [0, 0.1) is 28.7 Å². The predicted molar refractivity (Wildman–Crippen MR) is 96.3 cm³/mol. The Balaban J connectivity index is 2.13. The third kappa shape index (κ3) is 5.57. The summed E-state index contributed by atoms with van der Waals surface area (Å²) in [6.45, 7) is 2.47. The minimum Gasteiger partial charge on any atom is -0.396 e. The van der Waals surface area contributed by atoms with E-state index in [4.69, 9.17) is 0 Å². The van der Waals surface area contributed by atoms with Crippen LogP contribution in [0.1, 0.15) is 51.0 Å². The van der Waals surface area contributed by atoms with Gasteiger partial charge in [-0.05, 0) is 31.6 Å². The van der Waals surface area contributed by atoms with Crippen molar-refractivity contribution in [2.75, 3.05) is 19.7 Å². The lowest BCUT2D eigenvalue weighted by atomic mass is 9.72. The molecule has 0 unspecified atom stereocenters. The zero-order chi connectivity index (χ0) is 19.9. The monoisotopic (exact) mass is 389 g/mol. The van der Waals surface area contributed by atoms with Gasteiger partial charge in [0.2, 0.25) is 0 Å². The number of aliphatic hydroxyl groups excluding tert-OH is 1. The van der Waals surface area contributed by atoms with Crippen molar-refractivity contribution in [2.45, 2.75) is 52.0 Å². The van der Waals surface area contributed by atoms with Crippen LogP contribution in [0.15, 0.2) is 11.1 Å². The first kappa shape index (κ1) is 21.5. The van der Waals surface area contributed by atoms with E-state index in [0.29, 0.717) is 25.5 Å². The summed E-state index contributed by atoms with van der Waals surface area (Å²) in [5, 5.41) is 15.5. The van der Waals surface area contributed by atoms with Gasteiger partial charge in [0.15, 0.2) is 29.2 Å². The highest BCUT2D eigenvalue weighted by Gasteiger charge is 2.31. The van der Waals surface area contributed by atoms with Crippen molar-refractivity contribution in [2.24, 2.45) is 10.4 Å². The van der Waals surface area contributed by atoms with Crippen molar-refractivity contribution < 1.29 is 22.7 Å². The van der Waals surface area contributed by atoms with Crippen LogP contribution in [0.5, 0.6) is 0 Å². The highest BCUT2D eigenvalue weighted by atomic mass is 19.2. The molecule has 0 bridgehead atoms. The molecule has 0 aromatic heterocycles. The Morgan fingerprint density at radius 2 is 1.70 bits per heavy atom. The number of guanidine groups is 1. The fourth-order valence-corrected chi connectivity index (χ4v) is 3.59. The lowest BCUT2D eigenvalue weighted by molar-refractivity contribution is 0.131. The largest absolute Gasteiger partial charge is 0.396 e. The van der Waals surface area contributed by atoms with Gasteiger partial charge in [-0.25, -0.2) is 22.6 Å². The standard InChI is InChI=1S/C19H27F4N3O/c1-2-24-18(26-12-19(8-9-27)6-4-3-5-7-19)25-11-13-16(22)14(20)10-15(21)17(13)23/h10,27H,2-9,11-12H2,1H3,(H2,24,25,26). The lowest BCUT2D eigenvalue weighted by Gasteiger charge is -2.37. The average molecular weight is 389 g/mol. The van der Waals surface area contributed by atoms with Gasteiger partial charge in [0.25, 0.3) is 0 Å². The number of aliphatic imine (C=N–C) groups is 1. The van der Waals surface area contributed by atoms with Gasteiger partial charge in [-0.1, -0.05) is 19.3 Å². The van der Waals surface area contributed by atoms with Crippen LogP contribution in [0.2, 0.25) is 0 Å². The van der Waals surface area contributed by atoms with Crippen LogP contribution in [0.3, 0.4) is 0 Å². The second-order valence-electron chi connectivity index (χ2n) is 7.03. The van der Waals surface area contributed by atoms with Gasteiger partial charge < -0.3 is 15.7 Å². The number of rotatable bonds is 7. The summed E-state index contributed by atoms with van der Waals surface area (Å²) in [5.74, 6) is -5.44. The Kier molecular flexibility index (Phi) is 7.89. The zero-order valence-electron chi connectivity index (χ0n) is 15.6. The summed E-state index contributed by atoms with van der Waals surface area (Å²) < 4.78 is 54.3.